The van der Waals surface area contributed by atoms with E-state index >= 15 is 0 Å². The molecule has 0 aliphatic carbocycles. The molecule has 10 heteroatoms. The predicted molar refractivity (Wildman–Crippen MR) is 135 cm³/mol. The summed E-state index contributed by atoms with van der Waals surface area (Å²) in [5.41, 5.74) is 10.5. The minimum Gasteiger partial charge on any atom is -0.434 e. The van der Waals surface area contributed by atoms with E-state index in [9.17, 15) is 13.6 Å². The van der Waals surface area contributed by atoms with Crippen LogP contribution in [0, 0.1) is 0 Å². The maximum atomic E-state index is 13.6. The SMILES string of the molecule is [2H]C([2H])([2H])N1C(=O)c2cccc(OC(F)F)c2[C@H]2C[C@@H]1c1nc3ccc(-c4cnc5c(c4)COCC5(C)N)cc3n12. The van der Waals surface area contributed by atoms with Crippen LogP contribution in [0.25, 0.3) is 22.2 Å². The van der Waals surface area contributed by atoms with E-state index in [1.54, 1.807) is 6.20 Å². The number of imidazole rings is 1. The first kappa shape index (κ1) is 20.1. The van der Waals surface area contributed by atoms with Gasteiger partial charge in [0.1, 0.15) is 11.6 Å². The number of hydrogen-bond acceptors (Lipinski definition) is 6. The molecule has 4 aromatic rings. The summed E-state index contributed by atoms with van der Waals surface area (Å²) in [4.78, 5) is 23.8. The molecule has 0 saturated carbocycles. The van der Waals surface area contributed by atoms with Crippen LogP contribution in [-0.2, 0) is 16.9 Å². The number of nitrogens with zero attached hydrogens (tertiary/aromatic N) is 4. The Labute approximate surface area is 221 Å². The van der Waals surface area contributed by atoms with Crippen LogP contribution in [0.5, 0.6) is 5.75 Å². The van der Waals surface area contributed by atoms with Gasteiger partial charge >= 0.3 is 6.61 Å². The molecule has 1 unspecified atom stereocenters. The van der Waals surface area contributed by atoms with Gasteiger partial charge in [0.05, 0.1) is 47.6 Å². The molecule has 2 aromatic carbocycles. The normalized spacial score (nSPS) is 25.3. The summed E-state index contributed by atoms with van der Waals surface area (Å²) in [7, 11) is 0. The maximum Gasteiger partial charge on any atom is 0.387 e. The molecule has 1 amide bonds. The van der Waals surface area contributed by atoms with E-state index in [0.29, 0.717) is 30.1 Å². The van der Waals surface area contributed by atoms with Gasteiger partial charge in [-0.2, -0.15) is 8.78 Å². The van der Waals surface area contributed by atoms with Crippen LogP contribution >= 0.6 is 0 Å². The summed E-state index contributed by atoms with van der Waals surface area (Å²) in [6.07, 6.45) is 1.90. The number of amides is 1. The van der Waals surface area contributed by atoms with Crippen molar-refractivity contribution in [1.29, 1.82) is 0 Å². The number of aromatic nitrogens is 3. The van der Waals surface area contributed by atoms with Crippen molar-refractivity contribution in [3.05, 3.63) is 76.9 Å². The second kappa shape index (κ2) is 8.05. The van der Waals surface area contributed by atoms with E-state index in [-0.39, 0.29) is 23.3 Å². The van der Waals surface area contributed by atoms with E-state index in [4.69, 9.17) is 24.3 Å². The number of carbonyl (C=O) groups is 1. The van der Waals surface area contributed by atoms with Crippen molar-refractivity contribution < 1.29 is 27.2 Å². The lowest BCUT2D eigenvalue weighted by atomic mass is 9.92. The molecule has 5 heterocycles. The lowest BCUT2D eigenvalue weighted by molar-refractivity contribution is -0.0507. The highest BCUT2D eigenvalue weighted by atomic mass is 19.3. The van der Waals surface area contributed by atoms with Gasteiger partial charge < -0.3 is 24.7 Å². The fourth-order valence-corrected chi connectivity index (χ4v) is 6.02. The number of pyridine rings is 1. The maximum absolute atomic E-state index is 13.6. The highest BCUT2D eigenvalue weighted by molar-refractivity contribution is 5.98. The molecular weight excluding hydrogens is 492 g/mol. The summed E-state index contributed by atoms with van der Waals surface area (Å²) in [5.74, 6) is -0.572. The number of nitrogens with two attached hydrogens (primary N) is 1. The third-order valence-electron chi connectivity index (χ3n) is 7.65. The molecule has 0 spiro atoms. The van der Waals surface area contributed by atoms with E-state index in [0.717, 1.165) is 27.3 Å². The molecule has 0 saturated heterocycles. The van der Waals surface area contributed by atoms with Crippen LogP contribution in [0.15, 0.2) is 48.7 Å². The van der Waals surface area contributed by atoms with Gasteiger partial charge in [0, 0.05) is 46.0 Å². The molecule has 2 N–H and O–H groups in total. The van der Waals surface area contributed by atoms with Gasteiger partial charge in [-0.05, 0) is 42.8 Å². The number of halogens is 2. The van der Waals surface area contributed by atoms with E-state index < -0.39 is 37.1 Å². The lowest BCUT2D eigenvalue weighted by Crippen LogP contribution is -2.42. The van der Waals surface area contributed by atoms with Crippen LogP contribution < -0.4 is 10.5 Å². The Morgan fingerprint density at radius 1 is 1.24 bits per heavy atom. The number of alkyl halides is 2. The van der Waals surface area contributed by atoms with E-state index in [2.05, 4.69) is 4.98 Å². The summed E-state index contributed by atoms with van der Waals surface area (Å²) in [6, 6.07) is 10.3. The Balaban J connectivity index is 1.43. The molecule has 8 nitrogen and oxygen atoms in total. The minimum absolute atomic E-state index is 0.0131. The Kier molecular flexibility index (Phi) is 4.26. The van der Waals surface area contributed by atoms with Crippen molar-refractivity contribution in [1.82, 2.24) is 19.4 Å². The Morgan fingerprint density at radius 3 is 2.92 bits per heavy atom. The Hall–Kier alpha value is -3.89. The van der Waals surface area contributed by atoms with Gasteiger partial charge in [-0.25, -0.2) is 4.98 Å². The van der Waals surface area contributed by atoms with E-state index in [1.807, 2.05) is 35.8 Å². The standard InChI is InChI=1S/C28H25F2N5O3/c1-28(31)13-37-12-16-8-15(11-32-24(16)28)14-6-7-18-19(9-14)35-20-10-21(25(35)33-18)34(2)26(36)17-4-3-5-22(23(17)20)38-27(29)30/h3-9,11,20-21,27H,10,12-13,31H2,1-2H3/t20-,21-,28?/m1/s1/i2D3. The van der Waals surface area contributed by atoms with Crippen LogP contribution in [0.4, 0.5) is 8.78 Å². The Bertz CT molecular complexity index is 1740. The lowest BCUT2D eigenvalue weighted by Gasteiger charge is -2.31. The van der Waals surface area contributed by atoms with Crippen LogP contribution in [0.1, 0.15) is 62.5 Å². The van der Waals surface area contributed by atoms with Gasteiger partial charge in [0.25, 0.3) is 5.91 Å². The number of carbonyl (C=O) groups excluding carboxylic acids is 1. The molecule has 7 rings (SSSR count). The largest absolute Gasteiger partial charge is 0.434 e. The van der Waals surface area contributed by atoms with E-state index in [1.165, 1.54) is 18.2 Å². The molecule has 3 aliphatic heterocycles. The van der Waals surface area contributed by atoms with Crippen molar-refractivity contribution in [2.75, 3.05) is 13.6 Å². The monoisotopic (exact) mass is 520 g/mol. The molecule has 194 valence electrons. The van der Waals surface area contributed by atoms with Crippen molar-refractivity contribution in [3.8, 4) is 16.9 Å². The number of benzene rings is 2. The molecular formula is C28H25F2N5O3. The molecule has 3 aliphatic rings. The molecule has 2 bridgehead atoms. The fraction of sp³-hybridized carbons (Fsp3) is 0.321. The van der Waals surface area contributed by atoms with Crippen molar-refractivity contribution in [2.45, 2.75) is 44.2 Å². The summed E-state index contributed by atoms with van der Waals surface area (Å²) in [6.45, 7) is -3.29. The molecule has 3 atom stereocenters. The first-order chi connectivity index (χ1) is 19.4. The van der Waals surface area contributed by atoms with Crippen LogP contribution in [0.3, 0.4) is 0 Å². The number of ether oxygens (including phenoxy) is 2. The Morgan fingerprint density at radius 2 is 2.11 bits per heavy atom. The first-order valence-corrected chi connectivity index (χ1v) is 12.2. The zero-order valence-electron chi connectivity index (χ0n) is 23.3. The smallest absolute Gasteiger partial charge is 0.387 e. The highest BCUT2D eigenvalue weighted by Gasteiger charge is 2.45. The average Bonchev–Trinajstić information content (AvgIpc) is 3.40. The van der Waals surface area contributed by atoms with Gasteiger partial charge in [0.15, 0.2) is 0 Å². The van der Waals surface area contributed by atoms with Crippen molar-refractivity contribution in [2.24, 2.45) is 5.73 Å². The van der Waals surface area contributed by atoms with Gasteiger partial charge in [-0.1, -0.05) is 12.1 Å². The highest BCUT2D eigenvalue weighted by Crippen LogP contribution is 2.50. The van der Waals surface area contributed by atoms with Gasteiger partial charge in [-0.15, -0.1) is 0 Å². The topological polar surface area (TPSA) is 95.5 Å². The molecule has 0 radical (unpaired) electrons. The average molecular weight is 521 g/mol. The third-order valence-corrected chi connectivity index (χ3v) is 7.65. The van der Waals surface area contributed by atoms with Crippen molar-refractivity contribution in [3.63, 3.8) is 0 Å². The summed E-state index contributed by atoms with van der Waals surface area (Å²) < 4.78 is 63.8. The molecule has 2 aromatic heterocycles. The summed E-state index contributed by atoms with van der Waals surface area (Å²) in [5, 5.41) is 0. The van der Waals surface area contributed by atoms with Gasteiger partial charge in [0.2, 0.25) is 0 Å². The molecule has 38 heavy (non-hydrogen) atoms. The predicted octanol–water partition coefficient (Wildman–Crippen LogP) is 4.52. The number of rotatable bonds is 3. The molecule has 0 fully saturated rings. The second-order valence-electron chi connectivity index (χ2n) is 10.2. The third kappa shape index (κ3) is 3.30. The van der Waals surface area contributed by atoms with Crippen LogP contribution in [0.2, 0.25) is 0 Å². The minimum atomic E-state index is -3.13. The zero-order chi connectivity index (χ0) is 28.8. The first-order valence-electron chi connectivity index (χ1n) is 13.7. The van der Waals surface area contributed by atoms with Gasteiger partial charge in [-0.3, -0.25) is 9.78 Å². The number of hydrogen-bond donors (Lipinski definition) is 1. The quantitative estimate of drug-likeness (QED) is 0.427. The summed E-state index contributed by atoms with van der Waals surface area (Å²) >= 11 is 0. The number of fused-ring (bicyclic) bond motifs is 10. The van der Waals surface area contributed by atoms with Crippen LogP contribution in [-0.4, -0.2) is 45.5 Å². The fourth-order valence-electron chi connectivity index (χ4n) is 6.02. The second-order valence-corrected chi connectivity index (χ2v) is 10.2. The van der Waals surface area contributed by atoms with Crippen molar-refractivity contribution >= 4 is 16.9 Å². The zero-order valence-corrected chi connectivity index (χ0v) is 20.3.